The van der Waals surface area contributed by atoms with Crippen molar-refractivity contribution in [2.45, 2.75) is 26.2 Å². The fourth-order valence-electron chi connectivity index (χ4n) is 3.10. The summed E-state index contributed by atoms with van der Waals surface area (Å²) in [7, 11) is 1.23. The van der Waals surface area contributed by atoms with Crippen molar-refractivity contribution in [1.82, 2.24) is 5.32 Å². The zero-order valence-electron chi connectivity index (χ0n) is 16.7. The lowest BCUT2D eigenvalue weighted by molar-refractivity contribution is -0.139. The fourth-order valence-corrected chi connectivity index (χ4v) is 3.52. The van der Waals surface area contributed by atoms with Gasteiger partial charge in [0.2, 0.25) is 0 Å². The zero-order chi connectivity index (χ0) is 22.4. The molecule has 8 nitrogen and oxygen atoms in total. The van der Waals surface area contributed by atoms with E-state index in [1.165, 1.54) is 7.11 Å². The molecule has 1 aromatic carbocycles. The Morgan fingerprint density at radius 2 is 1.83 bits per heavy atom. The van der Waals surface area contributed by atoms with Crippen LogP contribution in [0.5, 0.6) is 0 Å². The fraction of sp³-hybridized carbons (Fsp3) is 0.350. The van der Waals surface area contributed by atoms with Gasteiger partial charge in [-0.2, -0.15) is 0 Å². The molecule has 2 rings (SSSR count). The maximum absolute atomic E-state index is 13.0. The van der Waals surface area contributed by atoms with Gasteiger partial charge in [-0.15, -0.1) is 0 Å². The van der Waals surface area contributed by atoms with Crippen molar-refractivity contribution in [1.29, 1.82) is 0 Å². The van der Waals surface area contributed by atoms with E-state index in [-0.39, 0.29) is 40.1 Å². The minimum Gasteiger partial charge on any atom is -0.466 e. The van der Waals surface area contributed by atoms with Crippen LogP contribution in [0.1, 0.15) is 31.7 Å². The second kappa shape index (κ2) is 10.4. The predicted octanol–water partition coefficient (Wildman–Crippen LogP) is 3.43. The number of primary amides is 1. The number of hydrogen-bond donors (Lipinski definition) is 2. The van der Waals surface area contributed by atoms with E-state index in [0.717, 1.165) is 0 Å². The lowest BCUT2D eigenvalue weighted by atomic mass is 9.80. The van der Waals surface area contributed by atoms with Gasteiger partial charge < -0.3 is 25.3 Å². The maximum atomic E-state index is 13.0. The molecular formula is C20H22Cl2N2O6. The van der Waals surface area contributed by atoms with Gasteiger partial charge in [0.1, 0.15) is 6.61 Å². The van der Waals surface area contributed by atoms with Gasteiger partial charge in [0, 0.05) is 5.70 Å². The largest absolute Gasteiger partial charge is 0.466 e. The summed E-state index contributed by atoms with van der Waals surface area (Å²) >= 11 is 12.6. The summed E-state index contributed by atoms with van der Waals surface area (Å²) in [5.74, 6) is -2.35. The number of hydrogen-bond acceptors (Lipinski definition) is 7. The number of benzene rings is 1. The van der Waals surface area contributed by atoms with Gasteiger partial charge >= 0.3 is 18.0 Å². The Labute approximate surface area is 183 Å². The molecule has 1 atom stereocenters. The molecule has 0 saturated carbocycles. The van der Waals surface area contributed by atoms with Crippen LogP contribution in [0.4, 0.5) is 4.79 Å². The first-order valence-electron chi connectivity index (χ1n) is 9.05. The van der Waals surface area contributed by atoms with Crippen LogP contribution in [-0.4, -0.2) is 38.4 Å². The Morgan fingerprint density at radius 3 is 2.43 bits per heavy atom. The molecule has 1 heterocycles. The summed E-state index contributed by atoms with van der Waals surface area (Å²) < 4.78 is 15.1. The minimum atomic E-state index is -1.02. The molecule has 10 heteroatoms. The Kier molecular flexibility index (Phi) is 8.14. The number of ether oxygens (including phenoxy) is 3. The topological polar surface area (TPSA) is 117 Å². The number of dihydropyridines is 1. The van der Waals surface area contributed by atoms with Gasteiger partial charge in [-0.1, -0.05) is 42.3 Å². The van der Waals surface area contributed by atoms with Gasteiger partial charge in [0.25, 0.3) is 0 Å². The maximum Gasteiger partial charge on any atom is 0.404 e. The third-order valence-electron chi connectivity index (χ3n) is 4.36. The molecule has 0 aromatic heterocycles. The first kappa shape index (κ1) is 23.6. The zero-order valence-corrected chi connectivity index (χ0v) is 18.2. The summed E-state index contributed by atoms with van der Waals surface area (Å²) in [5.41, 5.74) is 6.26. The number of nitrogens with one attached hydrogen (secondary N) is 1. The average Bonchev–Trinajstić information content (AvgIpc) is 2.71. The molecule has 3 N–H and O–H groups in total. The molecule has 1 aromatic rings. The van der Waals surface area contributed by atoms with E-state index in [1.54, 1.807) is 25.1 Å². The van der Waals surface area contributed by atoms with E-state index in [0.29, 0.717) is 17.7 Å². The van der Waals surface area contributed by atoms with Crippen molar-refractivity contribution in [2.75, 3.05) is 20.3 Å². The molecule has 1 aliphatic heterocycles. The number of carbonyl (C=O) groups excluding carboxylic acids is 3. The molecule has 0 radical (unpaired) electrons. The summed E-state index contributed by atoms with van der Waals surface area (Å²) in [6, 6.07) is 4.86. The highest BCUT2D eigenvalue weighted by Gasteiger charge is 2.40. The number of esters is 2. The summed E-state index contributed by atoms with van der Waals surface area (Å²) in [4.78, 5) is 36.8. The molecule has 0 spiro atoms. The minimum absolute atomic E-state index is 0.0415. The molecule has 0 saturated heterocycles. The Balaban J connectivity index is 2.75. The molecule has 0 fully saturated rings. The lowest BCUT2D eigenvalue weighted by Gasteiger charge is -2.31. The molecule has 1 unspecified atom stereocenters. The number of amides is 1. The molecular weight excluding hydrogens is 435 g/mol. The van der Waals surface area contributed by atoms with Gasteiger partial charge in [-0.25, -0.2) is 14.4 Å². The number of rotatable bonds is 7. The van der Waals surface area contributed by atoms with Gasteiger partial charge in [-0.05, 0) is 25.0 Å². The quantitative estimate of drug-likeness (QED) is 0.476. The smallest absolute Gasteiger partial charge is 0.404 e. The highest BCUT2D eigenvalue weighted by molar-refractivity contribution is 6.42. The van der Waals surface area contributed by atoms with Crippen LogP contribution < -0.4 is 11.1 Å². The lowest BCUT2D eigenvalue weighted by Crippen LogP contribution is -2.35. The van der Waals surface area contributed by atoms with Crippen molar-refractivity contribution in [3.05, 3.63) is 56.3 Å². The molecule has 1 amide bonds. The first-order valence-corrected chi connectivity index (χ1v) is 9.80. The van der Waals surface area contributed by atoms with E-state index in [4.69, 9.17) is 43.1 Å². The highest BCUT2D eigenvalue weighted by atomic mass is 35.5. The number of allylic oxidation sites excluding steroid dienone is 1. The van der Waals surface area contributed by atoms with Crippen LogP contribution >= 0.6 is 23.2 Å². The number of methoxy groups -OCH3 is 1. The van der Waals surface area contributed by atoms with Gasteiger partial charge in [-0.3, -0.25) is 0 Å². The summed E-state index contributed by atoms with van der Waals surface area (Å²) in [5, 5.41) is 3.33. The standard InChI is InChI=1S/C20H22Cl2N2O6/c1-4-8-29-19(26)16-13(9-30-20(23)27)24-10(2)14(18(25)28-3)15(16)11-6-5-7-12(21)17(11)22/h5-7,15,24H,4,8-9H2,1-3H3,(H2,23,27). The van der Waals surface area contributed by atoms with Crippen LogP contribution in [0.15, 0.2) is 40.7 Å². The SMILES string of the molecule is CCCOC(=O)C1=C(COC(N)=O)NC(C)=C(C(=O)OC)C1c1cccc(Cl)c1Cl. The number of carbonyl (C=O) groups is 3. The van der Waals surface area contributed by atoms with Crippen LogP contribution in [0.25, 0.3) is 0 Å². The third-order valence-corrected chi connectivity index (χ3v) is 5.19. The summed E-state index contributed by atoms with van der Waals surface area (Å²) in [6.45, 7) is 3.27. The first-order chi connectivity index (χ1) is 14.2. The molecule has 162 valence electrons. The average molecular weight is 457 g/mol. The predicted molar refractivity (Wildman–Crippen MR) is 111 cm³/mol. The molecule has 1 aliphatic rings. The van der Waals surface area contributed by atoms with Crippen molar-refractivity contribution in [3.63, 3.8) is 0 Å². The van der Waals surface area contributed by atoms with Crippen molar-refractivity contribution < 1.29 is 28.6 Å². The number of nitrogens with two attached hydrogens (primary N) is 1. The van der Waals surface area contributed by atoms with E-state index in [9.17, 15) is 14.4 Å². The van der Waals surface area contributed by atoms with Crippen LogP contribution in [0.3, 0.4) is 0 Å². The third kappa shape index (κ3) is 5.06. The Morgan fingerprint density at radius 1 is 1.13 bits per heavy atom. The number of halogens is 2. The molecule has 0 bridgehead atoms. The van der Waals surface area contributed by atoms with Crippen LogP contribution in [-0.2, 0) is 23.8 Å². The van der Waals surface area contributed by atoms with E-state index < -0.39 is 23.9 Å². The van der Waals surface area contributed by atoms with Gasteiger partial charge in [0.05, 0.1) is 46.5 Å². The van der Waals surface area contributed by atoms with E-state index in [1.807, 2.05) is 6.92 Å². The second-order valence-electron chi connectivity index (χ2n) is 6.37. The second-order valence-corrected chi connectivity index (χ2v) is 7.15. The normalized spacial score (nSPS) is 16.1. The Bertz CT molecular complexity index is 926. The Hall–Kier alpha value is -2.71. The van der Waals surface area contributed by atoms with Crippen molar-refractivity contribution in [2.24, 2.45) is 5.73 Å². The summed E-state index contributed by atoms with van der Waals surface area (Å²) in [6.07, 6.45) is -0.441. The highest BCUT2D eigenvalue weighted by Crippen LogP contribution is 2.43. The van der Waals surface area contributed by atoms with Gasteiger partial charge in [0.15, 0.2) is 0 Å². The van der Waals surface area contributed by atoms with Crippen molar-refractivity contribution >= 4 is 41.2 Å². The monoisotopic (exact) mass is 456 g/mol. The van der Waals surface area contributed by atoms with Crippen LogP contribution in [0.2, 0.25) is 10.0 Å². The van der Waals surface area contributed by atoms with Crippen LogP contribution in [0, 0.1) is 0 Å². The van der Waals surface area contributed by atoms with E-state index >= 15 is 0 Å². The van der Waals surface area contributed by atoms with E-state index in [2.05, 4.69) is 5.32 Å². The molecule has 30 heavy (non-hydrogen) atoms. The molecule has 0 aliphatic carbocycles. The van der Waals surface area contributed by atoms with Crippen molar-refractivity contribution in [3.8, 4) is 0 Å².